The number of anilines is 1. The van der Waals surface area contributed by atoms with Crippen molar-refractivity contribution in [2.24, 2.45) is 5.73 Å². The van der Waals surface area contributed by atoms with Gasteiger partial charge < -0.3 is 15.4 Å². The van der Waals surface area contributed by atoms with Crippen LogP contribution in [0.3, 0.4) is 0 Å². The highest BCUT2D eigenvalue weighted by Gasteiger charge is 2.33. The second kappa shape index (κ2) is 8.50. The fraction of sp³-hybridized carbons (Fsp3) is 0.125. The Hall–Kier alpha value is -3.82. The number of para-hydroxylation sites is 1. The monoisotopic (exact) mass is 431 g/mol. The molecule has 1 fully saturated rings. The minimum absolute atomic E-state index is 0.0649. The fourth-order valence-corrected chi connectivity index (χ4v) is 3.85. The molecule has 0 bridgehead atoms. The van der Waals surface area contributed by atoms with E-state index in [0.29, 0.717) is 39.9 Å². The van der Waals surface area contributed by atoms with E-state index in [1.165, 1.54) is 0 Å². The lowest BCUT2D eigenvalue weighted by Crippen LogP contribution is -2.24. The summed E-state index contributed by atoms with van der Waals surface area (Å²) in [5.41, 5.74) is 7.56. The molecule has 1 atom stereocenters. The van der Waals surface area contributed by atoms with Crippen LogP contribution in [0.5, 0.6) is 11.5 Å². The van der Waals surface area contributed by atoms with Crippen molar-refractivity contribution >= 4 is 29.1 Å². The summed E-state index contributed by atoms with van der Waals surface area (Å²) in [5.74, 6) is 0.162. The molecule has 0 radical (unpaired) electrons. The zero-order chi connectivity index (χ0) is 22.0. The first-order valence-corrected chi connectivity index (χ1v) is 10.0. The van der Waals surface area contributed by atoms with Crippen LogP contribution in [0.1, 0.15) is 33.8 Å². The maximum absolute atomic E-state index is 12.8. The molecule has 3 aromatic rings. The number of benzene rings is 3. The van der Waals surface area contributed by atoms with Crippen molar-refractivity contribution in [3.63, 3.8) is 0 Å². The molecule has 1 saturated heterocycles. The highest BCUT2D eigenvalue weighted by atomic mass is 35.5. The summed E-state index contributed by atoms with van der Waals surface area (Å²) in [6.07, 6.45) is 0.276. The van der Waals surface area contributed by atoms with Gasteiger partial charge in [0.25, 0.3) is 0 Å². The highest BCUT2D eigenvalue weighted by molar-refractivity contribution is 6.30. The normalized spacial score (nSPS) is 15.5. The number of hydrogen-bond donors (Lipinski definition) is 1. The van der Waals surface area contributed by atoms with E-state index in [2.05, 4.69) is 6.07 Å². The summed E-state index contributed by atoms with van der Waals surface area (Å²) in [7, 11) is 0. The van der Waals surface area contributed by atoms with E-state index in [4.69, 9.17) is 22.1 Å². The summed E-state index contributed by atoms with van der Waals surface area (Å²) in [6, 6.07) is 21.0. The molecule has 3 aromatic carbocycles. The minimum atomic E-state index is -0.547. The summed E-state index contributed by atoms with van der Waals surface area (Å²) < 4.78 is 6.05. The van der Waals surface area contributed by atoms with Crippen molar-refractivity contribution < 1.29 is 14.3 Å². The van der Waals surface area contributed by atoms with Crippen LogP contribution in [-0.2, 0) is 4.79 Å². The van der Waals surface area contributed by atoms with Crippen molar-refractivity contribution in [3.8, 4) is 17.6 Å². The predicted molar refractivity (Wildman–Crippen MR) is 117 cm³/mol. The molecule has 0 aromatic heterocycles. The van der Waals surface area contributed by atoms with Crippen LogP contribution < -0.4 is 15.4 Å². The molecule has 31 heavy (non-hydrogen) atoms. The molecular weight excluding hydrogens is 414 g/mol. The number of carbonyl (C=O) groups excluding carboxylic acids is 2. The Kier molecular flexibility index (Phi) is 5.61. The molecule has 1 unspecified atom stereocenters. The van der Waals surface area contributed by atoms with E-state index in [1.807, 2.05) is 6.07 Å². The predicted octanol–water partition coefficient (Wildman–Crippen LogP) is 4.62. The van der Waals surface area contributed by atoms with E-state index >= 15 is 0 Å². The van der Waals surface area contributed by atoms with Gasteiger partial charge in [-0.25, -0.2) is 0 Å². The quantitative estimate of drug-likeness (QED) is 0.637. The highest BCUT2D eigenvalue weighted by Crippen LogP contribution is 2.39. The first-order chi connectivity index (χ1) is 15.0. The Morgan fingerprint density at radius 1 is 1.10 bits per heavy atom. The molecule has 0 saturated carbocycles. The lowest BCUT2D eigenvalue weighted by Gasteiger charge is -2.19. The third-order valence-electron chi connectivity index (χ3n) is 5.21. The zero-order valence-electron chi connectivity index (χ0n) is 16.4. The molecule has 2 N–H and O–H groups in total. The minimum Gasteiger partial charge on any atom is -0.456 e. The summed E-state index contributed by atoms with van der Waals surface area (Å²) in [5, 5.41) is 9.84. The Labute approximate surface area is 184 Å². The number of nitriles is 1. The summed E-state index contributed by atoms with van der Waals surface area (Å²) in [4.78, 5) is 25.9. The van der Waals surface area contributed by atoms with E-state index in [1.54, 1.807) is 65.6 Å². The Balaban J connectivity index is 1.65. The molecule has 1 aliphatic heterocycles. The van der Waals surface area contributed by atoms with E-state index < -0.39 is 5.91 Å². The largest absolute Gasteiger partial charge is 0.456 e. The van der Waals surface area contributed by atoms with Gasteiger partial charge in [-0.1, -0.05) is 35.9 Å². The number of nitrogens with zero attached hydrogens (tertiary/aromatic N) is 2. The van der Waals surface area contributed by atoms with Gasteiger partial charge in [-0.3, -0.25) is 9.59 Å². The fourth-order valence-electron chi connectivity index (χ4n) is 3.69. The SMILES string of the molecule is N#Cc1ccccc1Oc1cc(Cl)ccc1C1CC(=O)N(c2cccc(C(N)=O)c2)C1. The van der Waals surface area contributed by atoms with Gasteiger partial charge in [0.1, 0.15) is 17.6 Å². The van der Waals surface area contributed by atoms with Crippen molar-refractivity contribution in [1.82, 2.24) is 0 Å². The van der Waals surface area contributed by atoms with Crippen LogP contribution in [0.25, 0.3) is 0 Å². The smallest absolute Gasteiger partial charge is 0.248 e. The van der Waals surface area contributed by atoms with Gasteiger partial charge in [0.2, 0.25) is 11.8 Å². The molecular formula is C24H18ClN3O3. The van der Waals surface area contributed by atoms with Crippen LogP contribution in [0.2, 0.25) is 5.02 Å². The Morgan fingerprint density at radius 3 is 2.68 bits per heavy atom. The molecule has 1 aliphatic rings. The van der Waals surface area contributed by atoms with Gasteiger partial charge >= 0.3 is 0 Å². The Bertz CT molecular complexity index is 1220. The van der Waals surface area contributed by atoms with Gasteiger partial charge in [-0.05, 0) is 42.5 Å². The van der Waals surface area contributed by atoms with Crippen molar-refractivity contribution in [2.75, 3.05) is 11.4 Å². The van der Waals surface area contributed by atoms with Crippen LogP contribution in [0.15, 0.2) is 66.7 Å². The number of hydrogen-bond acceptors (Lipinski definition) is 4. The number of amides is 2. The van der Waals surface area contributed by atoms with E-state index in [0.717, 1.165) is 5.56 Å². The average Bonchev–Trinajstić information content (AvgIpc) is 3.15. The lowest BCUT2D eigenvalue weighted by atomic mass is 9.97. The third kappa shape index (κ3) is 4.23. The van der Waals surface area contributed by atoms with Crippen LogP contribution in [0.4, 0.5) is 5.69 Å². The van der Waals surface area contributed by atoms with Gasteiger partial charge in [0.15, 0.2) is 0 Å². The molecule has 7 heteroatoms. The average molecular weight is 432 g/mol. The second-order valence-corrected chi connectivity index (χ2v) is 7.65. The topological polar surface area (TPSA) is 96.4 Å². The molecule has 6 nitrogen and oxygen atoms in total. The number of carbonyl (C=O) groups is 2. The van der Waals surface area contributed by atoms with Gasteiger partial charge in [0.05, 0.1) is 5.56 Å². The van der Waals surface area contributed by atoms with E-state index in [-0.39, 0.29) is 18.2 Å². The molecule has 4 rings (SSSR count). The molecule has 0 aliphatic carbocycles. The summed E-state index contributed by atoms with van der Waals surface area (Å²) in [6.45, 7) is 0.416. The van der Waals surface area contributed by atoms with Gasteiger partial charge in [0, 0.05) is 40.7 Å². The van der Waals surface area contributed by atoms with Crippen molar-refractivity contribution in [3.05, 3.63) is 88.4 Å². The van der Waals surface area contributed by atoms with Crippen LogP contribution in [-0.4, -0.2) is 18.4 Å². The Morgan fingerprint density at radius 2 is 1.90 bits per heavy atom. The standard InChI is InChI=1S/C24H18ClN3O3/c25-18-8-9-20(22(12-18)31-21-7-2-1-4-16(21)13-26)17-11-23(29)28(14-17)19-6-3-5-15(10-19)24(27)30/h1-10,12,17H,11,14H2,(H2,27,30). The number of ether oxygens (including phenoxy) is 1. The maximum atomic E-state index is 12.8. The molecule has 0 spiro atoms. The molecule has 2 amide bonds. The van der Waals surface area contributed by atoms with Crippen LogP contribution >= 0.6 is 11.6 Å². The summed E-state index contributed by atoms with van der Waals surface area (Å²) >= 11 is 6.20. The third-order valence-corrected chi connectivity index (χ3v) is 5.45. The molecule has 1 heterocycles. The van der Waals surface area contributed by atoms with Gasteiger partial charge in [-0.15, -0.1) is 0 Å². The first-order valence-electron chi connectivity index (χ1n) is 9.63. The van der Waals surface area contributed by atoms with Crippen LogP contribution in [0, 0.1) is 11.3 Å². The lowest BCUT2D eigenvalue weighted by molar-refractivity contribution is -0.117. The van der Waals surface area contributed by atoms with Crippen molar-refractivity contribution in [1.29, 1.82) is 5.26 Å². The maximum Gasteiger partial charge on any atom is 0.248 e. The van der Waals surface area contributed by atoms with Crippen molar-refractivity contribution in [2.45, 2.75) is 12.3 Å². The number of nitrogens with two attached hydrogens (primary N) is 1. The molecule has 154 valence electrons. The first kappa shape index (κ1) is 20.5. The second-order valence-electron chi connectivity index (χ2n) is 7.21. The number of halogens is 1. The van der Waals surface area contributed by atoms with E-state index in [9.17, 15) is 14.9 Å². The zero-order valence-corrected chi connectivity index (χ0v) is 17.2. The number of primary amides is 1. The van der Waals surface area contributed by atoms with Gasteiger partial charge in [-0.2, -0.15) is 5.26 Å². The number of rotatable bonds is 5.